The lowest BCUT2D eigenvalue weighted by atomic mass is 10.1. The Balaban J connectivity index is 1.97. The van der Waals surface area contributed by atoms with Gasteiger partial charge in [-0.2, -0.15) is 0 Å². The van der Waals surface area contributed by atoms with E-state index in [9.17, 15) is 28.1 Å². The first-order valence-corrected chi connectivity index (χ1v) is 14.3. The molecule has 206 valence electrons. The number of hydrogen-bond acceptors (Lipinski definition) is 7. The molecule has 2 aromatic rings. The van der Waals surface area contributed by atoms with Crippen LogP contribution in [-0.4, -0.2) is 62.0 Å². The summed E-state index contributed by atoms with van der Waals surface area (Å²) in [5, 5.41) is 14.8. The van der Waals surface area contributed by atoms with Crippen LogP contribution in [0.1, 0.15) is 38.2 Å². The molecule has 1 N–H and O–H groups in total. The van der Waals surface area contributed by atoms with Crippen LogP contribution < -0.4 is 14.4 Å². The molecular formula is C25H31ClN4O7S. The highest BCUT2D eigenvalue weighted by Crippen LogP contribution is 2.34. The number of nitrogens with one attached hydrogen (secondary N) is 1. The van der Waals surface area contributed by atoms with Crippen LogP contribution in [0.4, 0.5) is 11.4 Å². The summed E-state index contributed by atoms with van der Waals surface area (Å²) in [6.45, 7) is 0.853. The van der Waals surface area contributed by atoms with Crippen molar-refractivity contribution in [3.05, 3.63) is 63.2 Å². The first-order valence-electron chi connectivity index (χ1n) is 12.0. The average molecular weight is 567 g/mol. The van der Waals surface area contributed by atoms with Gasteiger partial charge >= 0.3 is 0 Å². The minimum atomic E-state index is -4.10. The maximum Gasteiger partial charge on any atom is 0.271 e. The number of nitrogens with zero attached hydrogens (tertiary/aromatic N) is 3. The number of benzene rings is 2. The molecule has 0 heterocycles. The Morgan fingerprint density at radius 3 is 2.47 bits per heavy atom. The summed E-state index contributed by atoms with van der Waals surface area (Å²) >= 11 is 6.12. The normalized spacial score (nSPS) is 14.5. The predicted molar refractivity (Wildman–Crippen MR) is 144 cm³/mol. The van der Waals surface area contributed by atoms with Crippen LogP contribution in [0.3, 0.4) is 0 Å². The van der Waals surface area contributed by atoms with Gasteiger partial charge in [0, 0.05) is 29.7 Å². The molecule has 0 spiro atoms. The van der Waals surface area contributed by atoms with E-state index in [1.165, 1.54) is 24.1 Å². The molecular weight excluding hydrogens is 536 g/mol. The molecule has 2 amide bonds. The fraction of sp³-hybridized carbons (Fsp3) is 0.440. The minimum Gasteiger partial charge on any atom is -0.495 e. The number of halogens is 1. The summed E-state index contributed by atoms with van der Waals surface area (Å²) in [6.07, 6.45) is 4.62. The van der Waals surface area contributed by atoms with Gasteiger partial charge in [0.1, 0.15) is 24.0 Å². The Morgan fingerprint density at radius 1 is 1.21 bits per heavy atom. The number of non-ortho nitro benzene ring substituents is 1. The first-order chi connectivity index (χ1) is 17.9. The van der Waals surface area contributed by atoms with Crippen LogP contribution in [0.15, 0.2) is 42.5 Å². The third-order valence-corrected chi connectivity index (χ3v) is 7.79. The molecule has 0 radical (unpaired) electrons. The number of anilines is 1. The number of hydrogen-bond donors (Lipinski definition) is 1. The van der Waals surface area contributed by atoms with E-state index in [0.29, 0.717) is 10.6 Å². The van der Waals surface area contributed by atoms with Crippen molar-refractivity contribution in [3.8, 4) is 5.75 Å². The second-order valence-electron chi connectivity index (χ2n) is 9.20. The second kappa shape index (κ2) is 12.4. The van der Waals surface area contributed by atoms with E-state index in [2.05, 4.69) is 5.32 Å². The zero-order valence-electron chi connectivity index (χ0n) is 21.4. The van der Waals surface area contributed by atoms with Crippen LogP contribution in [0, 0.1) is 10.1 Å². The van der Waals surface area contributed by atoms with Crippen molar-refractivity contribution < 1.29 is 27.7 Å². The van der Waals surface area contributed by atoms with Gasteiger partial charge in [0.25, 0.3) is 5.69 Å². The van der Waals surface area contributed by atoms with Gasteiger partial charge in [-0.3, -0.25) is 24.0 Å². The summed E-state index contributed by atoms with van der Waals surface area (Å²) in [7, 11) is -2.82. The number of methoxy groups -OCH3 is 1. The van der Waals surface area contributed by atoms with Gasteiger partial charge < -0.3 is 15.0 Å². The van der Waals surface area contributed by atoms with Crippen molar-refractivity contribution in [2.24, 2.45) is 0 Å². The van der Waals surface area contributed by atoms with E-state index in [4.69, 9.17) is 16.3 Å². The fourth-order valence-electron chi connectivity index (χ4n) is 4.39. The molecule has 0 aliphatic heterocycles. The largest absolute Gasteiger partial charge is 0.495 e. The Bertz CT molecular complexity index is 1300. The number of nitro groups is 1. The lowest BCUT2D eigenvalue weighted by Crippen LogP contribution is -2.52. The molecule has 1 saturated carbocycles. The van der Waals surface area contributed by atoms with E-state index < -0.39 is 33.4 Å². The highest BCUT2D eigenvalue weighted by Gasteiger charge is 2.33. The van der Waals surface area contributed by atoms with Gasteiger partial charge in [-0.1, -0.05) is 36.6 Å². The Kier molecular flexibility index (Phi) is 9.55. The van der Waals surface area contributed by atoms with Crippen molar-refractivity contribution in [3.63, 3.8) is 0 Å². The van der Waals surface area contributed by atoms with Crippen molar-refractivity contribution in [1.82, 2.24) is 10.2 Å². The monoisotopic (exact) mass is 566 g/mol. The van der Waals surface area contributed by atoms with Gasteiger partial charge in [-0.05, 0) is 43.5 Å². The Hall–Kier alpha value is -3.38. The quantitative estimate of drug-likeness (QED) is 0.324. The van der Waals surface area contributed by atoms with E-state index >= 15 is 0 Å². The number of carbonyl (C=O) groups excluding carboxylic acids is 2. The molecule has 0 bridgehead atoms. The first kappa shape index (κ1) is 29.2. The van der Waals surface area contributed by atoms with Gasteiger partial charge in [-0.25, -0.2) is 8.42 Å². The molecule has 2 aromatic carbocycles. The second-order valence-corrected chi connectivity index (χ2v) is 11.5. The molecule has 1 aliphatic carbocycles. The van der Waals surface area contributed by atoms with Crippen LogP contribution in [0.25, 0.3) is 0 Å². The van der Waals surface area contributed by atoms with Crippen LogP contribution in [0.5, 0.6) is 5.75 Å². The standard InChI is InChI=1S/C25H31ClN4O7S/c1-17(25(32)27-20-9-4-5-10-20)28(15-18-7-6-8-19(26)13-18)24(31)16-29(38(3,35)36)22-14-21(30(33)34)11-12-23(22)37-2/h6-8,11-14,17,20H,4-5,9-10,15-16H2,1-3H3,(H,27,32). The molecule has 0 aromatic heterocycles. The van der Waals surface area contributed by atoms with E-state index in [1.54, 1.807) is 31.2 Å². The third kappa shape index (κ3) is 7.35. The molecule has 0 saturated heterocycles. The van der Waals surface area contributed by atoms with E-state index in [0.717, 1.165) is 42.3 Å². The summed E-state index contributed by atoms with van der Waals surface area (Å²) in [5.74, 6) is -1.01. The van der Waals surface area contributed by atoms with Gasteiger partial charge in [0.15, 0.2) is 0 Å². The van der Waals surface area contributed by atoms with Crippen LogP contribution in [-0.2, 0) is 26.2 Å². The lowest BCUT2D eigenvalue weighted by Gasteiger charge is -2.32. The van der Waals surface area contributed by atoms with Crippen LogP contribution in [0.2, 0.25) is 5.02 Å². The highest BCUT2D eigenvalue weighted by atomic mass is 35.5. The lowest BCUT2D eigenvalue weighted by molar-refractivity contribution is -0.384. The van der Waals surface area contributed by atoms with E-state index in [-0.39, 0.29) is 35.6 Å². The van der Waals surface area contributed by atoms with Crippen molar-refractivity contribution in [2.45, 2.75) is 51.2 Å². The molecule has 11 nitrogen and oxygen atoms in total. The molecule has 38 heavy (non-hydrogen) atoms. The predicted octanol–water partition coefficient (Wildman–Crippen LogP) is 3.50. The number of sulfonamides is 1. The summed E-state index contributed by atoms with van der Waals surface area (Å²) < 4.78 is 31.6. The summed E-state index contributed by atoms with van der Waals surface area (Å²) in [6, 6.07) is 9.33. The van der Waals surface area contributed by atoms with E-state index in [1.807, 2.05) is 0 Å². The SMILES string of the molecule is COc1ccc([N+](=O)[O-])cc1N(CC(=O)N(Cc1cccc(Cl)c1)C(C)C(=O)NC1CCCC1)S(C)(=O)=O. The van der Waals surface area contributed by atoms with Gasteiger partial charge in [-0.15, -0.1) is 0 Å². The zero-order valence-corrected chi connectivity index (χ0v) is 23.0. The number of amides is 2. The number of rotatable bonds is 11. The Labute approximate surface area is 226 Å². The number of nitro benzene ring substituents is 1. The molecule has 1 unspecified atom stereocenters. The summed E-state index contributed by atoms with van der Waals surface area (Å²) in [5.41, 5.74) is 0.107. The molecule has 13 heteroatoms. The van der Waals surface area contributed by atoms with Gasteiger partial charge in [0.2, 0.25) is 21.8 Å². The van der Waals surface area contributed by atoms with Gasteiger partial charge in [0.05, 0.1) is 18.3 Å². The maximum atomic E-state index is 13.7. The van der Waals surface area contributed by atoms with Crippen molar-refractivity contribution in [1.29, 1.82) is 0 Å². The Morgan fingerprint density at radius 2 is 1.89 bits per heavy atom. The van der Waals surface area contributed by atoms with Crippen molar-refractivity contribution in [2.75, 3.05) is 24.2 Å². The smallest absolute Gasteiger partial charge is 0.271 e. The molecule has 1 fully saturated rings. The zero-order chi connectivity index (χ0) is 28.0. The van der Waals surface area contributed by atoms with Crippen molar-refractivity contribution >= 4 is 44.8 Å². The fourth-order valence-corrected chi connectivity index (χ4v) is 5.45. The molecule has 3 rings (SSSR count). The molecule has 1 atom stereocenters. The molecule has 1 aliphatic rings. The number of carbonyl (C=O) groups is 2. The van der Waals surface area contributed by atoms with Crippen LogP contribution >= 0.6 is 11.6 Å². The minimum absolute atomic E-state index is 0.0116. The maximum absolute atomic E-state index is 13.7. The highest BCUT2D eigenvalue weighted by molar-refractivity contribution is 7.92. The topological polar surface area (TPSA) is 139 Å². The average Bonchev–Trinajstić information content (AvgIpc) is 3.37. The summed E-state index contributed by atoms with van der Waals surface area (Å²) in [4.78, 5) is 38.8. The number of ether oxygens (including phenoxy) is 1. The third-order valence-electron chi connectivity index (χ3n) is 6.43.